The molecule has 1 N–H and O–H groups in total. The molecule has 0 spiro atoms. The number of aryl methyl sites for hydroxylation is 1. The molecular formula is C14H11BrN2O2. The summed E-state index contributed by atoms with van der Waals surface area (Å²) in [5.74, 6) is 0.726. The zero-order valence-corrected chi connectivity index (χ0v) is 12.0. The van der Waals surface area contributed by atoms with Crippen molar-refractivity contribution < 1.29 is 4.74 Å². The molecule has 0 amide bonds. The Hall–Kier alpha value is -1.88. The second kappa shape index (κ2) is 4.35. The Balaban J connectivity index is 2.67. The van der Waals surface area contributed by atoms with Gasteiger partial charge in [-0.1, -0.05) is 0 Å². The van der Waals surface area contributed by atoms with E-state index in [1.54, 1.807) is 25.4 Å². The molecular weight excluding hydrogens is 308 g/mol. The van der Waals surface area contributed by atoms with Crippen LogP contribution in [0.5, 0.6) is 5.75 Å². The predicted octanol–water partition coefficient (Wildman–Crippen LogP) is 3.16. The number of halogens is 1. The van der Waals surface area contributed by atoms with Gasteiger partial charge in [-0.3, -0.25) is 9.78 Å². The molecule has 0 aliphatic carbocycles. The molecule has 96 valence electrons. The summed E-state index contributed by atoms with van der Waals surface area (Å²) in [6.07, 6.45) is 1.68. The molecule has 5 heteroatoms. The Morgan fingerprint density at radius 2 is 2.21 bits per heavy atom. The van der Waals surface area contributed by atoms with Gasteiger partial charge >= 0.3 is 0 Å². The zero-order chi connectivity index (χ0) is 13.6. The number of aromatic nitrogens is 2. The number of hydrogen-bond acceptors (Lipinski definition) is 3. The summed E-state index contributed by atoms with van der Waals surface area (Å²) in [6.45, 7) is 1.93. The Morgan fingerprint density at radius 1 is 1.42 bits per heavy atom. The van der Waals surface area contributed by atoms with Crippen LogP contribution < -0.4 is 10.3 Å². The van der Waals surface area contributed by atoms with Crippen LogP contribution in [0.2, 0.25) is 0 Å². The summed E-state index contributed by atoms with van der Waals surface area (Å²) >= 11 is 3.53. The maximum atomic E-state index is 12.1. The molecule has 0 unspecified atom stereocenters. The van der Waals surface area contributed by atoms with Crippen LogP contribution in [0.4, 0.5) is 0 Å². The molecule has 0 fully saturated rings. The Bertz CT molecular complexity index is 855. The van der Waals surface area contributed by atoms with E-state index in [2.05, 4.69) is 25.9 Å². The molecule has 4 nitrogen and oxygen atoms in total. The van der Waals surface area contributed by atoms with Crippen LogP contribution in [0.15, 0.2) is 33.7 Å². The molecule has 0 radical (unpaired) electrons. The summed E-state index contributed by atoms with van der Waals surface area (Å²) in [5.41, 5.74) is 2.27. The average Bonchev–Trinajstić information content (AvgIpc) is 2.43. The average molecular weight is 319 g/mol. The molecule has 19 heavy (non-hydrogen) atoms. The highest BCUT2D eigenvalue weighted by atomic mass is 79.9. The highest BCUT2D eigenvalue weighted by molar-refractivity contribution is 9.10. The van der Waals surface area contributed by atoms with Crippen LogP contribution in [0.25, 0.3) is 21.8 Å². The van der Waals surface area contributed by atoms with Gasteiger partial charge in [-0.25, -0.2) is 0 Å². The van der Waals surface area contributed by atoms with E-state index in [0.717, 1.165) is 26.7 Å². The first-order valence-electron chi connectivity index (χ1n) is 5.77. The van der Waals surface area contributed by atoms with Crippen molar-refractivity contribution in [3.05, 3.63) is 44.8 Å². The van der Waals surface area contributed by atoms with Gasteiger partial charge in [-0.2, -0.15) is 0 Å². The van der Waals surface area contributed by atoms with Crippen LogP contribution in [0.1, 0.15) is 5.56 Å². The monoisotopic (exact) mass is 318 g/mol. The van der Waals surface area contributed by atoms with Gasteiger partial charge in [0, 0.05) is 11.6 Å². The van der Waals surface area contributed by atoms with E-state index < -0.39 is 0 Å². The third-order valence-electron chi connectivity index (χ3n) is 3.18. The van der Waals surface area contributed by atoms with E-state index in [-0.39, 0.29) is 5.56 Å². The minimum atomic E-state index is -0.129. The highest BCUT2D eigenvalue weighted by Crippen LogP contribution is 2.36. The first-order valence-corrected chi connectivity index (χ1v) is 6.56. The second-order valence-corrected chi connectivity index (χ2v) is 5.11. The topological polar surface area (TPSA) is 55.0 Å². The van der Waals surface area contributed by atoms with Gasteiger partial charge < -0.3 is 9.72 Å². The lowest BCUT2D eigenvalue weighted by Gasteiger charge is -2.11. The van der Waals surface area contributed by atoms with E-state index in [9.17, 15) is 4.79 Å². The summed E-state index contributed by atoms with van der Waals surface area (Å²) in [7, 11) is 1.62. The number of aromatic amines is 1. The molecule has 0 saturated heterocycles. The fourth-order valence-electron chi connectivity index (χ4n) is 2.26. The lowest BCUT2D eigenvalue weighted by atomic mass is 10.1. The Morgan fingerprint density at radius 3 is 2.95 bits per heavy atom. The minimum Gasteiger partial charge on any atom is -0.496 e. The standard InChI is InChI=1S/C14H11BrN2O2/c1-7-6-9(19-2)11(15)10-12(7)17-14(18)8-4-3-5-16-13(8)10/h3-6H,1-2H3,(H,17,18). The molecule has 2 aromatic heterocycles. The number of nitrogens with zero attached hydrogens (tertiary/aromatic N) is 1. The molecule has 3 aromatic rings. The van der Waals surface area contributed by atoms with E-state index in [1.165, 1.54) is 0 Å². The van der Waals surface area contributed by atoms with Crippen molar-refractivity contribution >= 4 is 37.7 Å². The van der Waals surface area contributed by atoms with E-state index in [0.29, 0.717) is 10.9 Å². The summed E-state index contributed by atoms with van der Waals surface area (Å²) in [4.78, 5) is 19.3. The van der Waals surface area contributed by atoms with Gasteiger partial charge in [0.15, 0.2) is 0 Å². The van der Waals surface area contributed by atoms with Crippen LogP contribution in [0, 0.1) is 6.92 Å². The predicted molar refractivity (Wildman–Crippen MR) is 78.9 cm³/mol. The molecule has 2 heterocycles. The normalized spacial score (nSPS) is 11.1. The minimum absolute atomic E-state index is 0.129. The molecule has 3 rings (SSSR count). The van der Waals surface area contributed by atoms with Gasteiger partial charge in [-0.15, -0.1) is 0 Å². The number of hydrogen-bond donors (Lipinski definition) is 1. The molecule has 0 saturated carbocycles. The van der Waals surface area contributed by atoms with Crippen molar-refractivity contribution in [1.82, 2.24) is 9.97 Å². The zero-order valence-electron chi connectivity index (χ0n) is 10.5. The Labute approximate surface area is 117 Å². The lowest BCUT2D eigenvalue weighted by Crippen LogP contribution is -2.08. The fourth-order valence-corrected chi connectivity index (χ4v) is 2.93. The quantitative estimate of drug-likeness (QED) is 0.701. The van der Waals surface area contributed by atoms with Crippen molar-refractivity contribution in [2.45, 2.75) is 6.92 Å². The van der Waals surface area contributed by atoms with Gasteiger partial charge in [0.05, 0.1) is 28.0 Å². The van der Waals surface area contributed by atoms with Gasteiger partial charge in [0.25, 0.3) is 5.56 Å². The van der Waals surface area contributed by atoms with E-state index in [1.807, 2.05) is 13.0 Å². The number of H-pyrrole nitrogens is 1. The number of fused-ring (bicyclic) bond motifs is 3. The van der Waals surface area contributed by atoms with Gasteiger partial charge in [0.2, 0.25) is 0 Å². The number of nitrogens with one attached hydrogen (secondary N) is 1. The van der Waals surface area contributed by atoms with Crippen molar-refractivity contribution in [3.8, 4) is 5.75 Å². The lowest BCUT2D eigenvalue weighted by molar-refractivity contribution is 0.412. The number of benzene rings is 1. The molecule has 1 aromatic carbocycles. The fraction of sp³-hybridized carbons (Fsp3) is 0.143. The van der Waals surface area contributed by atoms with Crippen molar-refractivity contribution in [2.24, 2.45) is 0 Å². The highest BCUT2D eigenvalue weighted by Gasteiger charge is 2.14. The molecule has 0 atom stereocenters. The van der Waals surface area contributed by atoms with Crippen molar-refractivity contribution in [3.63, 3.8) is 0 Å². The van der Waals surface area contributed by atoms with Gasteiger partial charge in [-0.05, 0) is 46.6 Å². The van der Waals surface area contributed by atoms with Crippen LogP contribution in [-0.2, 0) is 0 Å². The largest absolute Gasteiger partial charge is 0.496 e. The van der Waals surface area contributed by atoms with Gasteiger partial charge in [0.1, 0.15) is 5.75 Å². The molecule has 0 aliphatic heterocycles. The second-order valence-electron chi connectivity index (χ2n) is 4.31. The van der Waals surface area contributed by atoms with Crippen LogP contribution in [0.3, 0.4) is 0 Å². The molecule has 0 aliphatic rings. The number of methoxy groups -OCH3 is 1. The van der Waals surface area contributed by atoms with E-state index in [4.69, 9.17) is 4.74 Å². The maximum absolute atomic E-state index is 12.1. The smallest absolute Gasteiger partial charge is 0.257 e. The SMILES string of the molecule is COc1cc(C)c2[nH]c(=O)c3cccnc3c2c1Br. The third-order valence-corrected chi connectivity index (χ3v) is 3.96. The number of pyridine rings is 2. The Kier molecular flexibility index (Phi) is 2.78. The van der Waals surface area contributed by atoms with Crippen LogP contribution >= 0.6 is 15.9 Å². The summed E-state index contributed by atoms with van der Waals surface area (Å²) in [6, 6.07) is 5.41. The first-order chi connectivity index (χ1) is 9.13. The number of ether oxygens (including phenoxy) is 1. The summed E-state index contributed by atoms with van der Waals surface area (Å²) < 4.78 is 6.15. The molecule has 0 bridgehead atoms. The summed E-state index contributed by atoms with van der Waals surface area (Å²) in [5, 5.41) is 1.44. The maximum Gasteiger partial charge on any atom is 0.257 e. The van der Waals surface area contributed by atoms with E-state index >= 15 is 0 Å². The first kappa shape index (κ1) is 12.2. The van der Waals surface area contributed by atoms with Crippen molar-refractivity contribution in [1.29, 1.82) is 0 Å². The van der Waals surface area contributed by atoms with Crippen molar-refractivity contribution in [2.75, 3.05) is 7.11 Å². The van der Waals surface area contributed by atoms with Crippen LogP contribution in [-0.4, -0.2) is 17.1 Å². The number of rotatable bonds is 1. The third kappa shape index (κ3) is 1.73.